The maximum Gasteiger partial charge on any atom is 0.154 e. The van der Waals surface area contributed by atoms with Crippen LogP contribution in [0.5, 0.6) is 0 Å². The van der Waals surface area contributed by atoms with Crippen LogP contribution in [0.25, 0.3) is 10.9 Å². The van der Waals surface area contributed by atoms with Crippen molar-refractivity contribution in [2.24, 2.45) is 7.05 Å². The van der Waals surface area contributed by atoms with Crippen molar-refractivity contribution in [2.45, 2.75) is 24.8 Å². The van der Waals surface area contributed by atoms with E-state index in [9.17, 15) is 0 Å². The monoisotopic (exact) mass is 313 g/mol. The molecule has 1 N–H and O–H groups in total. The van der Waals surface area contributed by atoms with Crippen LogP contribution in [0.3, 0.4) is 0 Å². The number of benzene rings is 1. The molecule has 1 atom stereocenters. The quantitative estimate of drug-likeness (QED) is 0.746. The summed E-state index contributed by atoms with van der Waals surface area (Å²) in [7, 11) is 1.94. The van der Waals surface area contributed by atoms with E-state index in [1.165, 1.54) is 15.8 Å². The minimum atomic E-state index is 0.0422. The molecule has 0 saturated carbocycles. The minimum absolute atomic E-state index is 0.0422. The maximum absolute atomic E-state index is 4.74. The average Bonchev–Trinajstić information content (AvgIpc) is 2.92. The number of aryl methyl sites for hydroxylation is 2. The molecule has 0 aliphatic carbocycles. The van der Waals surface area contributed by atoms with Crippen LogP contribution >= 0.6 is 11.8 Å². The molecular formula is C16H19N5S. The van der Waals surface area contributed by atoms with Gasteiger partial charge in [-0.2, -0.15) is 0 Å². The van der Waals surface area contributed by atoms with Crippen molar-refractivity contribution in [1.82, 2.24) is 19.7 Å². The third-order valence-corrected chi connectivity index (χ3v) is 4.45. The lowest BCUT2D eigenvalue weighted by Crippen LogP contribution is -2.13. The number of nitrogens with one attached hydrogen (secondary N) is 1. The standard InChI is InChI=1S/C16H19N5S/c1-10-7-15(18-11(2)16-20-17-9-21(16)3)19-14-8-12(22-4)5-6-13(10)14/h5-9,11H,1-4H3,(H,18,19)/t11-/m0/s1. The van der Waals surface area contributed by atoms with Crippen LogP contribution in [-0.4, -0.2) is 26.0 Å². The van der Waals surface area contributed by atoms with Crippen LogP contribution in [0.2, 0.25) is 0 Å². The highest BCUT2D eigenvalue weighted by Crippen LogP contribution is 2.26. The van der Waals surface area contributed by atoms with Gasteiger partial charge in [-0.3, -0.25) is 0 Å². The Labute approximate surface area is 134 Å². The smallest absolute Gasteiger partial charge is 0.154 e. The molecule has 6 heteroatoms. The van der Waals surface area contributed by atoms with E-state index in [0.717, 1.165) is 17.2 Å². The number of hydrogen-bond acceptors (Lipinski definition) is 5. The summed E-state index contributed by atoms with van der Waals surface area (Å²) in [5.41, 5.74) is 2.23. The SMILES string of the molecule is CSc1ccc2c(C)cc(N[C@@H](C)c3nncn3C)nc2c1. The summed E-state index contributed by atoms with van der Waals surface area (Å²) in [4.78, 5) is 5.96. The van der Waals surface area contributed by atoms with Gasteiger partial charge >= 0.3 is 0 Å². The first kappa shape index (κ1) is 14.8. The van der Waals surface area contributed by atoms with Crippen molar-refractivity contribution in [2.75, 3.05) is 11.6 Å². The first-order chi connectivity index (χ1) is 10.6. The molecule has 0 fully saturated rings. The maximum atomic E-state index is 4.74. The molecule has 0 saturated heterocycles. The van der Waals surface area contributed by atoms with E-state index in [4.69, 9.17) is 4.98 Å². The summed E-state index contributed by atoms with van der Waals surface area (Å²) in [6.45, 7) is 4.17. The molecule has 2 heterocycles. The molecule has 3 aromatic rings. The zero-order valence-electron chi connectivity index (χ0n) is 13.2. The molecule has 0 bridgehead atoms. The Balaban J connectivity index is 1.95. The van der Waals surface area contributed by atoms with E-state index >= 15 is 0 Å². The number of nitrogens with zero attached hydrogens (tertiary/aromatic N) is 4. The van der Waals surface area contributed by atoms with E-state index in [-0.39, 0.29) is 6.04 Å². The molecule has 0 aliphatic rings. The molecule has 3 rings (SSSR count). The van der Waals surface area contributed by atoms with Gasteiger partial charge in [-0.15, -0.1) is 22.0 Å². The van der Waals surface area contributed by atoms with Gasteiger partial charge in [-0.05, 0) is 43.9 Å². The molecule has 114 valence electrons. The Morgan fingerprint density at radius 2 is 2.09 bits per heavy atom. The summed E-state index contributed by atoms with van der Waals surface area (Å²) < 4.78 is 1.91. The second-order valence-corrected chi connectivity index (χ2v) is 6.25. The normalized spacial score (nSPS) is 12.5. The Kier molecular flexibility index (Phi) is 4.02. The molecule has 2 aromatic heterocycles. The topological polar surface area (TPSA) is 55.6 Å². The number of thioether (sulfide) groups is 1. The lowest BCUT2D eigenvalue weighted by molar-refractivity contribution is 0.717. The zero-order valence-corrected chi connectivity index (χ0v) is 14.0. The predicted molar refractivity (Wildman–Crippen MR) is 91.3 cm³/mol. The largest absolute Gasteiger partial charge is 0.360 e. The minimum Gasteiger partial charge on any atom is -0.360 e. The van der Waals surface area contributed by atoms with Crippen molar-refractivity contribution in [1.29, 1.82) is 0 Å². The highest BCUT2D eigenvalue weighted by atomic mass is 32.2. The Morgan fingerprint density at radius 1 is 1.27 bits per heavy atom. The van der Waals surface area contributed by atoms with Gasteiger partial charge in [0, 0.05) is 17.3 Å². The fraction of sp³-hybridized carbons (Fsp3) is 0.312. The molecule has 0 unspecified atom stereocenters. The fourth-order valence-electron chi connectivity index (χ4n) is 2.55. The van der Waals surface area contributed by atoms with Gasteiger partial charge in [0.05, 0.1) is 11.6 Å². The van der Waals surface area contributed by atoms with Crippen LogP contribution in [0, 0.1) is 6.92 Å². The molecule has 22 heavy (non-hydrogen) atoms. The number of hydrogen-bond donors (Lipinski definition) is 1. The van der Waals surface area contributed by atoms with Crippen LogP contribution in [-0.2, 0) is 7.05 Å². The van der Waals surface area contributed by atoms with E-state index in [0.29, 0.717) is 0 Å². The fourth-order valence-corrected chi connectivity index (χ4v) is 2.99. The number of aromatic nitrogens is 4. The third-order valence-electron chi connectivity index (χ3n) is 3.72. The van der Waals surface area contributed by atoms with Crippen LogP contribution in [0.1, 0.15) is 24.4 Å². The van der Waals surface area contributed by atoms with Crippen molar-refractivity contribution in [3.63, 3.8) is 0 Å². The van der Waals surface area contributed by atoms with Crippen molar-refractivity contribution in [3.8, 4) is 0 Å². The summed E-state index contributed by atoms with van der Waals surface area (Å²) in [5.74, 6) is 1.75. The predicted octanol–water partition coefficient (Wildman–Crippen LogP) is 3.57. The molecule has 1 aromatic carbocycles. The van der Waals surface area contributed by atoms with Gasteiger partial charge < -0.3 is 9.88 Å². The first-order valence-corrected chi connectivity index (χ1v) is 8.37. The zero-order chi connectivity index (χ0) is 15.7. The Bertz CT molecular complexity index is 811. The average molecular weight is 313 g/mol. The van der Waals surface area contributed by atoms with E-state index in [1.54, 1.807) is 18.1 Å². The third kappa shape index (κ3) is 2.78. The summed E-state index contributed by atoms with van der Waals surface area (Å²) in [6, 6.07) is 8.52. The molecule has 0 aliphatic heterocycles. The molecule has 0 amide bonds. The second-order valence-electron chi connectivity index (χ2n) is 5.37. The van der Waals surface area contributed by atoms with E-state index in [2.05, 4.69) is 59.9 Å². The van der Waals surface area contributed by atoms with Gasteiger partial charge in [0.2, 0.25) is 0 Å². The lowest BCUT2D eigenvalue weighted by Gasteiger charge is -2.15. The number of rotatable bonds is 4. The Morgan fingerprint density at radius 3 is 2.77 bits per heavy atom. The summed E-state index contributed by atoms with van der Waals surface area (Å²) >= 11 is 1.73. The van der Waals surface area contributed by atoms with Crippen LogP contribution < -0.4 is 5.32 Å². The van der Waals surface area contributed by atoms with Crippen molar-refractivity contribution < 1.29 is 0 Å². The van der Waals surface area contributed by atoms with Gasteiger partial charge in [0.25, 0.3) is 0 Å². The van der Waals surface area contributed by atoms with Gasteiger partial charge in [-0.25, -0.2) is 4.98 Å². The Hall–Kier alpha value is -2.08. The van der Waals surface area contributed by atoms with Gasteiger partial charge in [0.1, 0.15) is 12.1 Å². The summed E-state index contributed by atoms with van der Waals surface area (Å²) in [6.07, 6.45) is 3.78. The highest BCUT2D eigenvalue weighted by molar-refractivity contribution is 7.98. The van der Waals surface area contributed by atoms with Crippen molar-refractivity contribution >= 4 is 28.5 Å². The van der Waals surface area contributed by atoms with Gasteiger partial charge in [0.15, 0.2) is 5.82 Å². The van der Waals surface area contributed by atoms with Crippen LogP contribution in [0.15, 0.2) is 35.5 Å². The molecule has 0 radical (unpaired) electrons. The second kappa shape index (κ2) is 5.96. The number of fused-ring (bicyclic) bond motifs is 1. The van der Waals surface area contributed by atoms with E-state index < -0.39 is 0 Å². The van der Waals surface area contributed by atoms with E-state index in [1.807, 2.05) is 11.6 Å². The van der Waals surface area contributed by atoms with Crippen molar-refractivity contribution in [3.05, 3.63) is 42.0 Å². The summed E-state index contributed by atoms with van der Waals surface area (Å²) in [5, 5.41) is 12.7. The number of pyridine rings is 1. The molecular weight excluding hydrogens is 294 g/mol. The van der Waals surface area contributed by atoms with Gasteiger partial charge in [-0.1, -0.05) is 6.07 Å². The first-order valence-electron chi connectivity index (χ1n) is 7.14. The lowest BCUT2D eigenvalue weighted by atomic mass is 10.1. The van der Waals surface area contributed by atoms with Crippen LogP contribution in [0.4, 0.5) is 5.82 Å². The molecule has 0 spiro atoms. The molecule has 5 nitrogen and oxygen atoms in total. The highest BCUT2D eigenvalue weighted by Gasteiger charge is 2.12. The number of anilines is 1.